The second kappa shape index (κ2) is 5.57. The van der Waals surface area contributed by atoms with Gasteiger partial charge in [0.25, 0.3) is 0 Å². The van der Waals surface area contributed by atoms with Gasteiger partial charge in [-0.3, -0.25) is 4.21 Å². The van der Waals surface area contributed by atoms with Gasteiger partial charge in [-0.05, 0) is 0 Å². The van der Waals surface area contributed by atoms with Crippen LogP contribution in [0.5, 0.6) is 0 Å². The van der Waals surface area contributed by atoms with Crippen LogP contribution in [0.2, 0.25) is 20.1 Å². The van der Waals surface area contributed by atoms with E-state index in [0.29, 0.717) is 5.75 Å². The lowest BCUT2D eigenvalue weighted by molar-refractivity contribution is 0.684. The van der Waals surface area contributed by atoms with Gasteiger partial charge in [0.15, 0.2) is 0 Å². The molecule has 1 aromatic rings. The van der Waals surface area contributed by atoms with Crippen molar-refractivity contribution in [2.75, 3.05) is 5.75 Å². The minimum atomic E-state index is -1.39. The number of nitrogens with zero attached hydrogens (tertiary/aromatic N) is 1. The zero-order valence-electron chi connectivity index (χ0n) is 7.98. The molecule has 0 aliphatic rings. The molecule has 7 heteroatoms. The van der Waals surface area contributed by atoms with E-state index in [1.165, 1.54) is 0 Å². The van der Waals surface area contributed by atoms with Crippen molar-refractivity contribution in [3.63, 3.8) is 0 Å². The highest BCUT2D eigenvalue weighted by Gasteiger charge is 2.23. The van der Waals surface area contributed by atoms with Crippen molar-refractivity contribution in [1.29, 1.82) is 5.26 Å². The maximum Gasteiger partial charge on any atom is 0.102 e. The highest BCUT2D eigenvalue weighted by atomic mass is 35.5. The molecular formula is C9H5Cl4NOS. The van der Waals surface area contributed by atoms with Gasteiger partial charge in [-0.25, -0.2) is 0 Å². The summed E-state index contributed by atoms with van der Waals surface area (Å²) in [5.74, 6) is 0.331. The summed E-state index contributed by atoms with van der Waals surface area (Å²) in [6, 6.07) is 1.80. The summed E-state index contributed by atoms with van der Waals surface area (Å²) in [5.41, 5.74) is -0.00446. The molecule has 1 atom stereocenters. The lowest BCUT2D eigenvalue weighted by Crippen LogP contribution is -1.99. The zero-order chi connectivity index (χ0) is 12.5. The molecule has 0 radical (unpaired) electrons. The Morgan fingerprint density at radius 2 is 1.56 bits per heavy atom. The Kier molecular flexibility index (Phi) is 4.90. The van der Waals surface area contributed by atoms with Gasteiger partial charge < -0.3 is 0 Å². The Hall–Kier alpha value is 0.0200. The first-order valence-electron chi connectivity index (χ1n) is 4.10. The van der Waals surface area contributed by atoms with Crippen molar-refractivity contribution in [3.05, 3.63) is 25.7 Å². The van der Waals surface area contributed by atoms with Gasteiger partial charge >= 0.3 is 0 Å². The maximum absolute atomic E-state index is 11.7. The number of benzene rings is 1. The van der Waals surface area contributed by atoms with E-state index in [2.05, 4.69) is 0 Å². The van der Waals surface area contributed by atoms with Crippen LogP contribution in [0.1, 0.15) is 12.5 Å². The van der Waals surface area contributed by atoms with Crippen LogP contribution in [0.15, 0.2) is 4.90 Å². The minimum Gasteiger partial charge on any atom is -0.254 e. The fourth-order valence-electron chi connectivity index (χ4n) is 1.05. The molecule has 0 N–H and O–H groups in total. The number of hydrogen-bond donors (Lipinski definition) is 0. The summed E-state index contributed by atoms with van der Waals surface area (Å²) in [6.07, 6.45) is 0. The van der Waals surface area contributed by atoms with E-state index >= 15 is 0 Å². The van der Waals surface area contributed by atoms with Crippen molar-refractivity contribution in [2.45, 2.75) is 11.8 Å². The first kappa shape index (κ1) is 14.1. The normalized spacial score (nSPS) is 12.2. The molecule has 0 heterocycles. The standard InChI is InChI=1S/C9H5Cl4NOS/c1-2-16(15)9-7(12)5(10)4(3-14)6(11)8(9)13/h2H2,1H3. The fraction of sp³-hybridized carbons (Fsp3) is 0.222. The largest absolute Gasteiger partial charge is 0.254 e. The van der Waals surface area contributed by atoms with Crippen molar-refractivity contribution in [3.8, 4) is 6.07 Å². The summed E-state index contributed by atoms with van der Waals surface area (Å²) in [7, 11) is -1.39. The van der Waals surface area contributed by atoms with Crippen molar-refractivity contribution in [1.82, 2.24) is 0 Å². The summed E-state index contributed by atoms with van der Waals surface area (Å²) in [6.45, 7) is 1.71. The topological polar surface area (TPSA) is 40.9 Å². The first-order chi connectivity index (χ1) is 7.45. The van der Waals surface area contributed by atoms with Gasteiger partial charge in [-0.1, -0.05) is 53.3 Å². The molecule has 0 amide bonds. The molecule has 16 heavy (non-hydrogen) atoms. The highest BCUT2D eigenvalue weighted by molar-refractivity contribution is 7.85. The van der Waals surface area contributed by atoms with Gasteiger partial charge in [0.05, 0.1) is 41.3 Å². The Morgan fingerprint density at radius 1 is 1.12 bits per heavy atom. The molecule has 1 rings (SSSR count). The third kappa shape index (κ3) is 2.32. The Bertz CT molecular complexity index is 480. The summed E-state index contributed by atoms with van der Waals surface area (Å²) < 4.78 is 11.7. The smallest absolute Gasteiger partial charge is 0.102 e. The van der Waals surface area contributed by atoms with Crippen molar-refractivity contribution < 1.29 is 4.21 Å². The zero-order valence-corrected chi connectivity index (χ0v) is 11.8. The number of halogens is 4. The monoisotopic (exact) mass is 315 g/mol. The number of hydrogen-bond acceptors (Lipinski definition) is 2. The molecule has 1 unspecified atom stereocenters. The lowest BCUT2D eigenvalue weighted by Gasteiger charge is -2.10. The van der Waals surface area contributed by atoms with E-state index in [1.807, 2.05) is 0 Å². The third-order valence-electron chi connectivity index (χ3n) is 1.82. The van der Waals surface area contributed by atoms with Crippen LogP contribution in [0.3, 0.4) is 0 Å². The molecule has 0 aliphatic carbocycles. The van der Waals surface area contributed by atoms with Gasteiger partial charge in [0.2, 0.25) is 0 Å². The van der Waals surface area contributed by atoms with Gasteiger partial charge in [0, 0.05) is 5.75 Å². The van der Waals surface area contributed by atoms with Crippen LogP contribution < -0.4 is 0 Å². The average molecular weight is 317 g/mol. The fourth-order valence-corrected chi connectivity index (χ4v) is 3.51. The lowest BCUT2D eigenvalue weighted by atomic mass is 10.2. The van der Waals surface area contributed by atoms with E-state index in [0.717, 1.165) is 0 Å². The first-order valence-corrected chi connectivity index (χ1v) is 6.93. The maximum atomic E-state index is 11.7. The Labute approximate surface area is 116 Å². The van der Waals surface area contributed by atoms with Crippen LogP contribution in [0.4, 0.5) is 0 Å². The SMILES string of the molecule is CCS(=O)c1c(Cl)c(Cl)c(C#N)c(Cl)c1Cl. The van der Waals surface area contributed by atoms with E-state index in [-0.39, 0.29) is 30.5 Å². The summed E-state index contributed by atoms with van der Waals surface area (Å²) in [4.78, 5) is 0.180. The van der Waals surface area contributed by atoms with E-state index in [1.54, 1.807) is 13.0 Å². The van der Waals surface area contributed by atoms with Gasteiger partial charge in [-0.15, -0.1) is 0 Å². The predicted octanol–water partition coefficient (Wildman–Crippen LogP) is 4.30. The molecular weight excluding hydrogens is 312 g/mol. The van der Waals surface area contributed by atoms with Crippen LogP contribution in [-0.4, -0.2) is 9.96 Å². The molecule has 0 aliphatic heterocycles. The molecule has 1 aromatic carbocycles. The molecule has 0 fully saturated rings. The Balaban J connectivity index is 3.68. The molecule has 2 nitrogen and oxygen atoms in total. The second-order valence-corrected chi connectivity index (χ2v) is 5.89. The van der Waals surface area contributed by atoms with Gasteiger partial charge in [-0.2, -0.15) is 5.26 Å². The highest BCUT2D eigenvalue weighted by Crippen LogP contribution is 2.42. The van der Waals surface area contributed by atoms with E-state index in [9.17, 15) is 4.21 Å². The van der Waals surface area contributed by atoms with E-state index < -0.39 is 10.8 Å². The quantitative estimate of drug-likeness (QED) is 0.763. The third-order valence-corrected chi connectivity index (χ3v) is 5.14. The predicted molar refractivity (Wildman–Crippen MR) is 68.1 cm³/mol. The van der Waals surface area contributed by atoms with Crippen LogP contribution in [-0.2, 0) is 10.8 Å². The second-order valence-electron chi connectivity index (χ2n) is 2.71. The van der Waals surface area contributed by atoms with Crippen molar-refractivity contribution >= 4 is 57.2 Å². The Morgan fingerprint density at radius 3 is 1.88 bits per heavy atom. The molecule has 0 spiro atoms. The van der Waals surface area contributed by atoms with Gasteiger partial charge in [0.1, 0.15) is 6.07 Å². The minimum absolute atomic E-state index is 0.00446. The van der Waals surface area contributed by atoms with Crippen LogP contribution in [0.25, 0.3) is 0 Å². The number of nitriles is 1. The average Bonchev–Trinajstić information content (AvgIpc) is 2.27. The van der Waals surface area contributed by atoms with E-state index in [4.69, 9.17) is 51.7 Å². The molecule has 0 aromatic heterocycles. The number of rotatable bonds is 2. The van der Waals surface area contributed by atoms with Crippen LogP contribution in [0, 0.1) is 11.3 Å². The van der Waals surface area contributed by atoms with Crippen LogP contribution >= 0.6 is 46.4 Å². The summed E-state index contributed by atoms with van der Waals surface area (Å²) >= 11 is 23.5. The summed E-state index contributed by atoms with van der Waals surface area (Å²) in [5, 5.41) is 8.83. The molecule has 86 valence electrons. The molecule has 0 saturated heterocycles. The van der Waals surface area contributed by atoms with Crippen molar-refractivity contribution in [2.24, 2.45) is 0 Å². The molecule has 0 bridgehead atoms. The molecule has 0 saturated carbocycles.